The number of ether oxygens (including phenoxy) is 1. The summed E-state index contributed by atoms with van der Waals surface area (Å²) in [5.74, 6) is -2.34. The predicted octanol–water partition coefficient (Wildman–Crippen LogP) is 2.92. The van der Waals surface area contributed by atoms with Crippen molar-refractivity contribution in [2.24, 2.45) is 5.73 Å². The number of aromatic nitrogens is 2. The van der Waals surface area contributed by atoms with Crippen molar-refractivity contribution in [3.8, 4) is 5.69 Å². The molecule has 9 nitrogen and oxygen atoms in total. The number of benzene rings is 2. The number of primary amides is 1. The molecule has 0 aliphatic carbocycles. The maximum atomic E-state index is 13.2. The van der Waals surface area contributed by atoms with Crippen LogP contribution in [0.3, 0.4) is 0 Å². The molecule has 0 bridgehead atoms. The second-order valence-corrected chi connectivity index (χ2v) is 8.07. The Hall–Kier alpha value is -3.76. The number of amides is 3. The third-order valence-electron chi connectivity index (χ3n) is 5.35. The number of carbonyl (C=O) groups excluding carboxylic acids is 3. The molecule has 2 heterocycles. The van der Waals surface area contributed by atoms with Crippen molar-refractivity contribution < 1.29 is 23.5 Å². The lowest BCUT2D eigenvalue weighted by molar-refractivity contribution is 0.0691. The fourth-order valence-electron chi connectivity index (χ4n) is 3.61. The highest BCUT2D eigenvalue weighted by atomic mass is 35.5. The molecule has 1 saturated heterocycles. The summed E-state index contributed by atoms with van der Waals surface area (Å²) in [4.78, 5) is 41.4. The highest BCUT2D eigenvalue weighted by Gasteiger charge is 2.26. The molecule has 1 fully saturated rings. The Morgan fingerprint density at radius 3 is 2.44 bits per heavy atom. The van der Waals surface area contributed by atoms with E-state index < -0.39 is 23.5 Å². The van der Waals surface area contributed by atoms with Crippen LogP contribution >= 0.6 is 11.6 Å². The van der Waals surface area contributed by atoms with Crippen LogP contribution in [0.1, 0.15) is 44.2 Å². The minimum absolute atomic E-state index is 0.00769. The van der Waals surface area contributed by atoms with E-state index in [1.54, 1.807) is 24.3 Å². The van der Waals surface area contributed by atoms with Crippen LogP contribution in [-0.2, 0) is 4.74 Å². The van der Waals surface area contributed by atoms with Gasteiger partial charge in [-0.2, -0.15) is 0 Å². The number of hydrogen-bond acceptors (Lipinski definition) is 5. The van der Waals surface area contributed by atoms with Crippen LogP contribution in [0.2, 0.25) is 5.02 Å². The first-order valence-corrected chi connectivity index (χ1v) is 10.8. The molecular weight excluding hydrogens is 465 g/mol. The molecule has 3 amide bonds. The van der Waals surface area contributed by atoms with E-state index in [1.165, 1.54) is 17.0 Å². The summed E-state index contributed by atoms with van der Waals surface area (Å²) in [7, 11) is 0. The zero-order valence-electron chi connectivity index (χ0n) is 17.9. The molecule has 0 unspecified atom stereocenters. The van der Waals surface area contributed by atoms with Crippen molar-refractivity contribution in [3.63, 3.8) is 0 Å². The van der Waals surface area contributed by atoms with Crippen LogP contribution in [0, 0.1) is 5.82 Å². The number of rotatable bonds is 6. The van der Waals surface area contributed by atoms with Gasteiger partial charge in [0.2, 0.25) is 0 Å². The number of imidazole rings is 1. The van der Waals surface area contributed by atoms with Gasteiger partial charge in [0.05, 0.1) is 10.6 Å². The Labute approximate surface area is 199 Å². The lowest BCUT2D eigenvalue weighted by Gasteiger charge is -2.23. The summed E-state index contributed by atoms with van der Waals surface area (Å²) >= 11 is 5.95. The number of nitrogens with zero attached hydrogens (tertiary/aromatic N) is 2. The van der Waals surface area contributed by atoms with Crippen LogP contribution in [0.4, 0.5) is 10.1 Å². The number of nitrogens with two attached hydrogens (primary N) is 1. The van der Waals surface area contributed by atoms with E-state index in [4.69, 9.17) is 22.1 Å². The van der Waals surface area contributed by atoms with Gasteiger partial charge in [0.15, 0.2) is 5.69 Å². The summed E-state index contributed by atoms with van der Waals surface area (Å²) in [6.45, 7) is 1.09. The van der Waals surface area contributed by atoms with Gasteiger partial charge in [-0.3, -0.25) is 19.0 Å². The molecule has 4 N–H and O–H groups in total. The molecule has 0 saturated carbocycles. The van der Waals surface area contributed by atoms with Crippen molar-refractivity contribution in [3.05, 3.63) is 76.6 Å². The first-order chi connectivity index (χ1) is 16.3. The van der Waals surface area contributed by atoms with Crippen LogP contribution < -0.4 is 16.4 Å². The van der Waals surface area contributed by atoms with E-state index in [0.29, 0.717) is 37.4 Å². The van der Waals surface area contributed by atoms with Crippen molar-refractivity contribution in [1.82, 2.24) is 14.9 Å². The lowest BCUT2D eigenvalue weighted by atomic mass is 10.1. The Morgan fingerprint density at radius 2 is 1.79 bits per heavy atom. The molecule has 3 aromatic rings. The smallest absolute Gasteiger partial charge is 0.271 e. The Morgan fingerprint density at radius 1 is 1.09 bits per heavy atom. The average molecular weight is 486 g/mol. The molecule has 11 heteroatoms. The highest BCUT2D eigenvalue weighted by molar-refractivity contribution is 6.34. The van der Waals surface area contributed by atoms with Crippen LogP contribution in [0.5, 0.6) is 0 Å². The van der Waals surface area contributed by atoms with Crippen molar-refractivity contribution in [1.29, 1.82) is 0 Å². The molecule has 1 aromatic heterocycles. The lowest BCUT2D eigenvalue weighted by Crippen LogP contribution is -2.40. The second-order valence-electron chi connectivity index (χ2n) is 7.66. The van der Waals surface area contributed by atoms with E-state index in [1.807, 2.05) is 0 Å². The van der Waals surface area contributed by atoms with Gasteiger partial charge in [0.1, 0.15) is 17.8 Å². The van der Waals surface area contributed by atoms with Gasteiger partial charge < -0.3 is 21.1 Å². The zero-order chi connectivity index (χ0) is 24.2. The molecule has 4 rings (SSSR count). The summed E-state index contributed by atoms with van der Waals surface area (Å²) < 4.78 is 20.0. The molecule has 34 heavy (non-hydrogen) atoms. The van der Waals surface area contributed by atoms with Crippen molar-refractivity contribution >= 4 is 35.0 Å². The van der Waals surface area contributed by atoms with Gasteiger partial charge in [-0.1, -0.05) is 11.6 Å². The fraction of sp³-hybridized carbons (Fsp3) is 0.217. The molecule has 0 spiro atoms. The third kappa shape index (κ3) is 5.08. The molecular formula is C23H21ClFN5O4. The SMILES string of the molecule is NC(=O)c1ncn(-c2ccc(NC(=O)c3ccc(F)cc3Cl)cc2)c1C(=O)NC1CCOCC1. The van der Waals surface area contributed by atoms with Gasteiger partial charge in [-0.05, 0) is 55.3 Å². The topological polar surface area (TPSA) is 128 Å². The number of halogens is 2. The van der Waals surface area contributed by atoms with Gasteiger partial charge in [-0.25, -0.2) is 9.37 Å². The summed E-state index contributed by atoms with van der Waals surface area (Å²) in [6.07, 6.45) is 2.67. The second kappa shape index (κ2) is 10.0. The standard InChI is InChI=1S/C23H21ClFN5O4/c24-18-11-13(25)1-6-17(18)22(32)28-14-2-4-16(5-3-14)30-12-27-19(21(26)31)20(30)23(33)29-15-7-9-34-10-8-15/h1-6,11-12,15H,7-10H2,(H2,26,31)(H,28,32)(H,29,33). The van der Waals surface area contributed by atoms with Gasteiger partial charge in [-0.15, -0.1) is 0 Å². The van der Waals surface area contributed by atoms with Crippen LogP contribution in [0.25, 0.3) is 5.69 Å². The monoisotopic (exact) mass is 485 g/mol. The number of carbonyl (C=O) groups is 3. The molecule has 176 valence electrons. The van der Waals surface area contributed by atoms with Crippen LogP contribution in [0.15, 0.2) is 48.8 Å². The van der Waals surface area contributed by atoms with E-state index in [0.717, 1.165) is 12.1 Å². The summed E-state index contributed by atoms with van der Waals surface area (Å²) in [5.41, 5.74) is 6.40. The maximum absolute atomic E-state index is 13.2. The van der Waals surface area contributed by atoms with E-state index in [-0.39, 0.29) is 28.0 Å². The molecule has 0 radical (unpaired) electrons. The first-order valence-electron chi connectivity index (χ1n) is 10.5. The third-order valence-corrected chi connectivity index (χ3v) is 5.66. The summed E-state index contributed by atoms with van der Waals surface area (Å²) in [6, 6.07) is 9.90. The number of nitrogens with one attached hydrogen (secondary N) is 2. The predicted molar refractivity (Wildman–Crippen MR) is 123 cm³/mol. The van der Waals surface area contributed by atoms with E-state index in [9.17, 15) is 18.8 Å². The van der Waals surface area contributed by atoms with Gasteiger partial charge in [0.25, 0.3) is 17.7 Å². The number of hydrogen-bond donors (Lipinski definition) is 3. The quantitative estimate of drug-likeness (QED) is 0.494. The van der Waals surface area contributed by atoms with Gasteiger partial charge in [0, 0.05) is 30.6 Å². The summed E-state index contributed by atoms with van der Waals surface area (Å²) in [5, 5.41) is 5.58. The first kappa shape index (κ1) is 23.4. The minimum Gasteiger partial charge on any atom is -0.381 e. The van der Waals surface area contributed by atoms with Crippen LogP contribution in [-0.4, -0.2) is 46.5 Å². The average Bonchev–Trinajstić information content (AvgIpc) is 3.26. The molecule has 1 aliphatic rings. The minimum atomic E-state index is -0.823. The maximum Gasteiger partial charge on any atom is 0.271 e. The molecule has 1 aliphatic heterocycles. The van der Waals surface area contributed by atoms with E-state index in [2.05, 4.69) is 15.6 Å². The van der Waals surface area contributed by atoms with Gasteiger partial charge >= 0.3 is 0 Å². The zero-order valence-corrected chi connectivity index (χ0v) is 18.6. The highest BCUT2D eigenvalue weighted by Crippen LogP contribution is 2.21. The fourth-order valence-corrected chi connectivity index (χ4v) is 3.87. The Balaban J connectivity index is 1.55. The normalized spacial score (nSPS) is 13.9. The Bertz CT molecular complexity index is 1240. The van der Waals surface area contributed by atoms with Crippen molar-refractivity contribution in [2.75, 3.05) is 18.5 Å². The largest absolute Gasteiger partial charge is 0.381 e. The Kier molecular flexibility index (Phi) is 6.90. The molecule has 0 atom stereocenters. The van der Waals surface area contributed by atoms with Crippen molar-refractivity contribution in [2.45, 2.75) is 18.9 Å². The number of anilines is 1. The molecule has 2 aromatic carbocycles. The van der Waals surface area contributed by atoms with E-state index >= 15 is 0 Å².